The van der Waals surface area contributed by atoms with Crippen molar-refractivity contribution in [2.45, 2.75) is 20.3 Å². The molecule has 4 heteroatoms. The zero-order valence-electron chi connectivity index (χ0n) is 7.07. The van der Waals surface area contributed by atoms with Crippen LogP contribution in [0.2, 0.25) is 0 Å². The zero-order chi connectivity index (χ0) is 9.52. The van der Waals surface area contributed by atoms with E-state index in [9.17, 15) is 9.59 Å². The van der Waals surface area contributed by atoms with Gasteiger partial charge >= 0.3 is 11.9 Å². The first kappa shape index (κ1) is 9.03. The Hall–Kier alpha value is -1.06. The van der Waals surface area contributed by atoms with Crippen LogP contribution in [0.1, 0.15) is 20.3 Å². The second kappa shape index (κ2) is 2.47. The predicted octanol–water partition coefficient (Wildman–Crippen LogP) is 0.818. The maximum Gasteiger partial charge on any atom is 0.307 e. The van der Waals surface area contributed by atoms with Gasteiger partial charge in [0.25, 0.3) is 0 Å². The number of carbonyl (C=O) groups is 2. The molecule has 4 nitrogen and oxygen atoms in total. The van der Waals surface area contributed by atoms with Crippen molar-refractivity contribution in [1.29, 1.82) is 0 Å². The smallest absolute Gasteiger partial charge is 0.307 e. The highest BCUT2D eigenvalue weighted by Crippen LogP contribution is 2.51. The average Bonchev–Trinajstić information content (AvgIpc) is 1.83. The van der Waals surface area contributed by atoms with Gasteiger partial charge in [-0.25, -0.2) is 0 Å². The van der Waals surface area contributed by atoms with Crippen LogP contribution in [-0.4, -0.2) is 22.2 Å². The first-order valence-corrected chi connectivity index (χ1v) is 3.83. The molecule has 1 aliphatic rings. The number of hydrogen-bond acceptors (Lipinski definition) is 2. The van der Waals surface area contributed by atoms with E-state index in [1.165, 1.54) is 0 Å². The van der Waals surface area contributed by atoms with Gasteiger partial charge in [0.1, 0.15) is 0 Å². The van der Waals surface area contributed by atoms with Crippen LogP contribution in [0.25, 0.3) is 0 Å². The molecule has 0 aromatic rings. The highest BCUT2D eigenvalue weighted by Gasteiger charge is 2.55. The van der Waals surface area contributed by atoms with Gasteiger partial charge in [0.05, 0.1) is 11.8 Å². The summed E-state index contributed by atoms with van der Waals surface area (Å²) in [7, 11) is 0. The summed E-state index contributed by atoms with van der Waals surface area (Å²) in [4.78, 5) is 21.1. The fourth-order valence-corrected chi connectivity index (χ4v) is 1.76. The molecule has 68 valence electrons. The van der Waals surface area contributed by atoms with E-state index in [0.29, 0.717) is 0 Å². The second-order valence-electron chi connectivity index (χ2n) is 3.84. The van der Waals surface area contributed by atoms with E-state index in [0.717, 1.165) is 0 Å². The van der Waals surface area contributed by atoms with Crippen LogP contribution in [0, 0.1) is 17.3 Å². The minimum atomic E-state index is -0.891. The summed E-state index contributed by atoms with van der Waals surface area (Å²) < 4.78 is 0. The van der Waals surface area contributed by atoms with Crippen molar-refractivity contribution in [2.75, 3.05) is 0 Å². The Bertz CT molecular complexity index is 209. The van der Waals surface area contributed by atoms with Crippen molar-refractivity contribution < 1.29 is 19.8 Å². The monoisotopic (exact) mass is 172 g/mol. The Morgan fingerprint density at radius 3 is 1.67 bits per heavy atom. The quantitative estimate of drug-likeness (QED) is 0.646. The molecule has 0 aromatic heterocycles. The fraction of sp³-hybridized carbons (Fsp3) is 0.750. The van der Waals surface area contributed by atoms with Crippen LogP contribution in [0.5, 0.6) is 0 Å². The van der Waals surface area contributed by atoms with E-state index in [2.05, 4.69) is 0 Å². The first-order valence-electron chi connectivity index (χ1n) is 3.83. The van der Waals surface area contributed by atoms with Crippen molar-refractivity contribution in [3.05, 3.63) is 0 Å². The number of hydrogen-bond donors (Lipinski definition) is 2. The third kappa shape index (κ3) is 1.07. The molecule has 12 heavy (non-hydrogen) atoms. The molecule has 0 bridgehead atoms. The molecule has 0 heterocycles. The standard InChI is InChI=1S/C8H12O4/c1-8(2)4(6(9)10)3-5(8)7(11)12/h4-5H,3H2,1-2H3,(H,9,10)(H,11,12)/t4-,5?/m0/s1. The lowest BCUT2D eigenvalue weighted by molar-refractivity contribution is -0.171. The van der Waals surface area contributed by atoms with Crippen LogP contribution < -0.4 is 0 Å². The van der Waals surface area contributed by atoms with Crippen LogP contribution >= 0.6 is 0 Å². The van der Waals surface area contributed by atoms with Gasteiger partial charge in [-0.3, -0.25) is 9.59 Å². The topological polar surface area (TPSA) is 74.6 Å². The number of aliphatic carboxylic acids is 2. The summed E-state index contributed by atoms with van der Waals surface area (Å²) in [5, 5.41) is 17.4. The van der Waals surface area contributed by atoms with Gasteiger partial charge in [-0.15, -0.1) is 0 Å². The minimum Gasteiger partial charge on any atom is -0.481 e. The first-order chi connectivity index (χ1) is 5.37. The largest absolute Gasteiger partial charge is 0.481 e. The summed E-state index contributed by atoms with van der Waals surface area (Å²) in [6.45, 7) is 3.38. The normalized spacial score (nSPS) is 32.2. The van der Waals surface area contributed by atoms with Crippen molar-refractivity contribution in [2.24, 2.45) is 17.3 Å². The molecule has 0 aromatic carbocycles. The SMILES string of the molecule is CC1(C)C(C(=O)O)C[C@H]1C(=O)O. The summed E-state index contributed by atoms with van der Waals surface area (Å²) in [5.74, 6) is -2.78. The maximum absolute atomic E-state index is 10.6. The highest BCUT2D eigenvalue weighted by atomic mass is 16.4. The van der Waals surface area contributed by atoms with E-state index in [4.69, 9.17) is 10.2 Å². The lowest BCUT2D eigenvalue weighted by Crippen LogP contribution is -2.52. The summed E-state index contributed by atoms with van der Waals surface area (Å²) >= 11 is 0. The van der Waals surface area contributed by atoms with Crippen LogP contribution in [0.15, 0.2) is 0 Å². The molecule has 2 N–H and O–H groups in total. The third-order valence-electron chi connectivity index (χ3n) is 2.86. The summed E-state index contributed by atoms with van der Waals surface area (Å²) in [6, 6.07) is 0. The molecule has 2 atom stereocenters. The molecule has 0 radical (unpaired) electrons. The average molecular weight is 172 g/mol. The van der Waals surface area contributed by atoms with Gasteiger partial charge in [0.2, 0.25) is 0 Å². The number of carboxylic acid groups (broad SMARTS) is 2. The predicted molar refractivity (Wildman–Crippen MR) is 40.6 cm³/mol. The Balaban J connectivity index is 2.72. The lowest BCUT2D eigenvalue weighted by Gasteiger charge is -2.47. The molecule has 1 rings (SSSR count). The van der Waals surface area contributed by atoms with Crippen molar-refractivity contribution in [3.63, 3.8) is 0 Å². The molecule has 1 fully saturated rings. The van der Waals surface area contributed by atoms with E-state index in [1.54, 1.807) is 13.8 Å². The van der Waals surface area contributed by atoms with Crippen LogP contribution in [0.3, 0.4) is 0 Å². The molecule has 1 aliphatic carbocycles. The molecular weight excluding hydrogens is 160 g/mol. The van der Waals surface area contributed by atoms with Gasteiger partial charge in [0.15, 0.2) is 0 Å². The number of carboxylic acids is 2. The Kier molecular flexibility index (Phi) is 1.86. The lowest BCUT2D eigenvalue weighted by atomic mass is 9.55. The Morgan fingerprint density at radius 1 is 1.17 bits per heavy atom. The molecule has 1 unspecified atom stereocenters. The number of rotatable bonds is 2. The Morgan fingerprint density at radius 2 is 1.50 bits per heavy atom. The highest BCUT2D eigenvalue weighted by molar-refractivity contribution is 5.79. The van der Waals surface area contributed by atoms with Crippen molar-refractivity contribution >= 4 is 11.9 Å². The van der Waals surface area contributed by atoms with E-state index < -0.39 is 29.2 Å². The van der Waals surface area contributed by atoms with Crippen molar-refractivity contribution in [1.82, 2.24) is 0 Å². The van der Waals surface area contributed by atoms with Gasteiger partial charge in [-0.05, 0) is 11.8 Å². The molecule has 0 aliphatic heterocycles. The summed E-state index contributed by atoms with van der Waals surface area (Å²) in [5.41, 5.74) is -0.600. The van der Waals surface area contributed by atoms with Crippen molar-refractivity contribution in [3.8, 4) is 0 Å². The molecular formula is C8H12O4. The van der Waals surface area contributed by atoms with Crippen LogP contribution in [0.4, 0.5) is 0 Å². The second-order valence-corrected chi connectivity index (χ2v) is 3.84. The molecule has 0 saturated heterocycles. The molecule has 0 amide bonds. The third-order valence-corrected chi connectivity index (χ3v) is 2.86. The van der Waals surface area contributed by atoms with Gasteiger partial charge in [-0.1, -0.05) is 13.8 Å². The maximum atomic E-state index is 10.6. The van der Waals surface area contributed by atoms with E-state index >= 15 is 0 Å². The van der Waals surface area contributed by atoms with Gasteiger partial charge in [-0.2, -0.15) is 0 Å². The minimum absolute atomic E-state index is 0.262. The fourth-order valence-electron chi connectivity index (χ4n) is 1.76. The van der Waals surface area contributed by atoms with E-state index in [1.807, 2.05) is 0 Å². The van der Waals surface area contributed by atoms with Gasteiger partial charge in [0, 0.05) is 0 Å². The van der Waals surface area contributed by atoms with Gasteiger partial charge < -0.3 is 10.2 Å². The van der Waals surface area contributed by atoms with Crippen LogP contribution in [-0.2, 0) is 9.59 Å². The van der Waals surface area contributed by atoms with E-state index in [-0.39, 0.29) is 6.42 Å². The Labute approximate surface area is 70.2 Å². The molecule has 1 saturated carbocycles. The molecule has 0 spiro atoms. The zero-order valence-corrected chi connectivity index (χ0v) is 7.07. The summed E-state index contributed by atoms with van der Waals surface area (Å²) in [6.07, 6.45) is 0.262.